The SMILES string of the molecule is CNC(c1sc(C)nc1C)c1c(OC)cnn1C. The number of ether oxygens (including phenoxy) is 1. The van der Waals surface area contributed by atoms with Crippen LogP contribution in [0, 0.1) is 13.8 Å². The molecule has 0 saturated carbocycles. The molecule has 0 bridgehead atoms. The van der Waals surface area contributed by atoms with Gasteiger partial charge < -0.3 is 10.1 Å². The van der Waals surface area contributed by atoms with Gasteiger partial charge in [0.25, 0.3) is 0 Å². The summed E-state index contributed by atoms with van der Waals surface area (Å²) >= 11 is 1.70. The molecule has 1 N–H and O–H groups in total. The summed E-state index contributed by atoms with van der Waals surface area (Å²) in [5.41, 5.74) is 2.08. The first-order valence-corrected chi connectivity index (χ1v) is 6.57. The average molecular weight is 266 g/mol. The van der Waals surface area contributed by atoms with Gasteiger partial charge in [-0.25, -0.2) is 4.98 Å². The molecule has 1 atom stereocenters. The van der Waals surface area contributed by atoms with Gasteiger partial charge in [-0.2, -0.15) is 5.10 Å². The van der Waals surface area contributed by atoms with Crippen molar-refractivity contribution in [3.8, 4) is 5.75 Å². The van der Waals surface area contributed by atoms with Crippen LogP contribution < -0.4 is 10.1 Å². The minimum absolute atomic E-state index is 0.0543. The second-order valence-corrected chi connectivity index (χ2v) is 5.36. The van der Waals surface area contributed by atoms with Crippen LogP contribution in [0.2, 0.25) is 0 Å². The van der Waals surface area contributed by atoms with Crippen molar-refractivity contribution < 1.29 is 4.74 Å². The van der Waals surface area contributed by atoms with Crippen molar-refractivity contribution in [2.75, 3.05) is 14.2 Å². The molecule has 2 aromatic heterocycles. The van der Waals surface area contributed by atoms with Crippen LogP contribution in [0.15, 0.2) is 6.20 Å². The largest absolute Gasteiger partial charge is 0.493 e. The lowest BCUT2D eigenvalue weighted by molar-refractivity contribution is 0.403. The van der Waals surface area contributed by atoms with E-state index in [1.54, 1.807) is 24.6 Å². The summed E-state index contributed by atoms with van der Waals surface area (Å²) in [4.78, 5) is 5.69. The third kappa shape index (κ3) is 2.13. The maximum atomic E-state index is 5.38. The Morgan fingerprint density at radius 1 is 1.44 bits per heavy atom. The van der Waals surface area contributed by atoms with Crippen molar-refractivity contribution in [3.63, 3.8) is 0 Å². The Morgan fingerprint density at radius 2 is 2.17 bits per heavy atom. The van der Waals surface area contributed by atoms with Crippen LogP contribution in [0.3, 0.4) is 0 Å². The Balaban J connectivity index is 2.51. The van der Waals surface area contributed by atoms with Crippen molar-refractivity contribution in [3.05, 3.63) is 27.5 Å². The highest BCUT2D eigenvalue weighted by atomic mass is 32.1. The fourth-order valence-corrected chi connectivity index (χ4v) is 3.16. The quantitative estimate of drug-likeness (QED) is 0.917. The number of nitrogens with zero attached hydrogens (tertiary/aromatic N) is 3. The molecule has 0 amide bonds. The van der Waals surface area contributed by atoms with Gasteiger partial charge in [-0.15, -0.1) is 11.3 Å². The second-order valence-electron chi connectivity index (χ2n) is 4.13. The number of hydrogen-bond donors (Lipinski definition) is 1. The molecule has 0 aliphatic heterocycles. The van der Waals surface area contributed by atoms with Crippen LogP contribution in [0.5, 0.6) is 5.75 Å². The molecule has 0 aromatic carbocycles. The Bertz CT molecular complexity index is 546. The zero-order chi connectivity index (χ0) is 13.3. The molecule has 2 rings (SSSR count). The van der Waals surface area contributed by atoms with Gasteiger partial charge in [0.05, 0.1) is 34.9 Å². The number of hydrogen-bond acceptors (Lipinski definition) is 5. The Morgan fingerprint density at radius 3 is 2.67 bits per heavy atom. The van der Waals surface area contributed by atoms with Gasteiger partial charge in [0.15, 0.2) is 5.75 Å². The number of methoxy groups -OCH3 is 1. The van der Waals surface area contributed by atoms with Crippen LogP contribution in [0.25, 0.3) is 0 Å². The molecular formula is C12H18N4OS. The molecule has 0 radical (unpaired) electrons. The van der Waals surface area contributed by atoms with E-state index >= 15 is 0 Å². The normalized spacial score (nSPS) is 12.7. The summed E-state index contributed by atoms with van der Waals surface area (Å²) in [5.74, 6) is 0.794. The second kappa shape index (κ2) is 5.07. The van der Waals surface area contributed by atoms with Crippen LogP contribution in [-0.2, 0) is 7.05 Å². The summed E-state index contributed by atoms with van der Waals surface area (Å²) in [5, 5.41) is 8.65. The third-order valence-corrected chi connectivity index (χ3v) is 4.07. The van der Waals surface area contributed by atoms with E-state index in [0.29, 0.717) is 0 Å². The average Bonchev–Trinajstić information content (AvgIpc) is 2.85. The van der Waals surface area contributed by atoms with E-state index in [0.717, 1.165) is 22.1 Å². The predicted molar refractivity (Wildman–Crippen MR) is 72.3 cm³/mol. The monoisotopic (exact) mass is 266 g/mol. The van der Waals surface area contributed by atoms with Crippen LogP contribution in [0.4, 0.5) is 0 Å². The summed E-state index contributed by atoms with van der Waals surface area (Å²) in [6, 6.07) is 0.0543. The Labute approximate surface area is 111 Å². The van der Waals surface area contributed by atoms with Gasteiger partial charge in [-0.05, 0) is 20.9 Å². The van der Waals surface area contributed by atoms with E-state index in [1.807, 2.05) is 32.6 Å². The van der Waals surface area contributed by atoms with Crippen molar-refractivity contribution >= 4 is 11.3 Å². The zero-order valence-corrected chi connectivity index (χ0v) is 12.1. The van der Waals surface area contributed by atoms with E-state index in [2.05, 4.69) is 15.4 Å². The molecule has 0 saturated heterocycles. The fourth-order valence-electron chi connectivity index (χ4n) is 2.12. The van der Waals surface area contributed by atoms with Gasteiger partial charge >= 0.3 is 0 Å². The molecule has 1 unspecified atom stereocenters. The molecule has 5 nitrogen and oxygen atoms in total. The minimum atomic E-state index is 0.0543. The van der Waals surface area contributed by atoms with E-state index in [1.165, 1.54) is 4.88 Å². The number of thiazole rings is 1. The van der Waals surface area contributed by atoms with Gasteiger partial charge in [0.2, 0.25) is 0 Å². The van der Waals surface area contributed by atoms with Gasteiger partial charge in [0, 0.05) is 7.05 Å². The molecule has 2 aromatic rings. The topological polar surface area (TPSA) is 52.0 Å². The van der Waals surface area contributed by atoms with Crippen LogP contribution >= 0.6 is 11.3 Å². The third-order valence-electron chi connectivity index (χ3n) is 2.93. The molecule has 0 aliphatic rings. The molecule has 0 fully saturated rings. The molecule has 6 heteroatoms. The first-order valence-electron chi connectivity index (χ1n) is 5.75. The van der Waals surface area contributed by atoms with Gasteiger partial charge in [0.1, 0.15) is 5.69 Å². The number of aryl methyl sites for hydroxylation is 3. The molecule has 0 aliphatic carbocycles. The van der Waals surface area contributed by atoms with E-state index in [9.17, 15) is 0 Å². The maximum Gasteiger partial charge on any atom is 0.161 e. The highest BCUT2D eigenvalue weighted by Gasteiger charge is 2.24. The standard InChI is InChI=1S/C12H18N4OS/c1-7-12(18-8(2)15-7)10(13-3)11-9(17-5)6-14-16(11)4/h6,10,13H,1-5H3. The van der Waals surface area contributed by atoms with Crippen LogP contribution in [0.1, 0.15) is 27.3 Å². The number of rotatable bonds is 4. The molecular weight excluding hydrogens is 248 g/mol. The lowest BCUT2D eigenvalue weighted by atomic mass is 10.1. The number of aromatic nitrogens is 3. The first-order chi connectivity index (χ1) is 8.58. The lowest BCUT2D eigenvalue weighted by Gasteiger charge is -2.17. The predicted octanol–water partition coefficient (Wildman–Crippen LogP) is 1.81. The van der Waals surface area contributed by atoms with E-state index in [4.69, 9.17) is 4.74 Å². The Hall–Kier alpha value is -1.40. The lowest BCUT2D eigenvalue weighted by Crippen LogP contribution is -2.21. The zero-order valence-electron chi connectivity index (χ0n) is 11.3. The smallest absolute Gasteiger partial charge is 0.161 e. The van der Waals surface area contributed by atoms with Crippen molar-refractivity contribution in [2.45, 2.75) is 19.9 Å². The van der Waals surface area contributed by atoms with E-state index in [-0.39, 0.29) is 6.04 Å². The van der Waals surface area contributed by atoms with Gasteiger partial charge in [-0.3, -0.25) is 4.68 Å². The first kappa shape index (κ1) is 13.0. The Kier molecular flexibility index (Phi) is 3.68. The highest BCUT2D eigenvalue weighted by molar-refractivity contribution is 7.11. The van der Waals surface area contributed by atoms with Crippen molar-refractivity contribution in [1.82, 2.24) is 20.1 Å². The minimum Gasteiger partial charge on any atom is -0.493 e. The summed E-state index contributed by atoms with van der Waals surface area (Å²) in [6.45, 7) is 4.06. The highest BCUT2D eigenvalue weighted by Crippen LogP contribution is 2.33. The summed E-state index contributed by atoms with van der Waals surface area (Å²) in [6.07, 6.45) is 1.74. The van der Waals surface area contributed by atoms with Crippen molar-refractivity contribution in [2.24, 2.45) is 7.05 Å². The molecule has 2 heterocycles. The number of nitrogens with one attached hydrogen (secondary N) is 1. The van der Waals surface area contributed by atoms with E-state index < -0.39 is 0 Å². The molecule has 0 spiro atoms. The fraction of sp³-hybridized carbons (Fsp3) is 0.500. The summed E-state index contributed by atoms with van der Waals surface area (Å²) in [7, 11) is 5.52. The molecule has 98 valence electrons. The molecule has 18 heavy (non-hydrogen) atoms. The van der Waals surface area contributed by atoms with Crippen LogP contribution in [-0.4, -0.2) is 28.9 Å². The summed E-state index contributed by atoms with van der Waals surface area (Å²) < 4.78 is 7.22. The van der Waals surface area contributed by atoms with Crippen molar-refractivity contribution in [1.29, 1.82) is 0 Å². The van der Waals surface area contributed by atoms with Gasteiger partial charge in [-0.1, -0.05) is 0 Å². The maximum absolute atomic E-state index is 5.38.